The summed E-state index contributed by atoms with van der Waals surface area (Å²) in [4.78, 5) is 15.8. The van der Waals surface area contributed by atoms with E-state index in [9.17, 15) is 13.2 Å². The lowest BCUT2D eigenvalue weighted by Gasteiger charge is -2.17. The molecule has 27 heavy (non-hydrogen) atoms. The Bertz CT molecular complexity index is 916. The molecule has 0 saturated heterocycles. The molecular formula is C17H20N4O5S. The SMILES string of the molecule is COc1ccc(S(=O)(=O)N(C)CC(=O)N/N=C\c2ccncc2)cc1OC. The number of carbonyl (C=O) groups is 1. The van der Waals surface area contributed by atoms with Gasteiger partial charge in [-0.1, -0.05) is 0 Å². The Labute approximate surface area is 157 Å². The van der Waals surface area contributed by atoms with Crippen LogP contribution >= 0.6 is 0 Å². The highest BCUT2D eigenvalue weighted by molar-refractivity contribution is 7.89. The van der Waals surface area contributed by atoms with Gasteiger partial charge in [-0.2, -0.15) is 9.41 Å². The average molecular weight is 392 g/mol. The van der Waals surface area contributed by atoms with Gasteiger partial charge in [0.2, 0.25) is 10.0 Å². The maximum Gasteiger partial charge on any atom is 0.255 e. The minimum Gasteiger partial charge on any atom is -0.493 e. The molecular weight excluding hydrogens is 372 g/mol. The first kappa shape index (κ1) is 20.3. The van der Waals surface area contributed by atoms with Gasteiger partial charge in [-0.3, -0.25) is 9.78 Å². The van der Waals surface area contributed by atoms with Gasteiger partial charge in [0.15, 0.2) is 11.5 Å². The molecule has 0 aliphatic carbocycles. The van der Waals surface area contributed by atoms with Gasteiger partial charge in [0.1, 0.15) is 0 Å². The van der Waals surface area contributed by atoms with Crippen LogP contribution in [0.4, 0.5) is 0 Å². The lowest BCUT2D eigenvalue weighted by Crippen LogP contribution is -2.36. The minimum absolute atomic E-state index is 0.0178. The number of aromatic nitrogens is 1. The molecule has 1 amide bonds. The highest BCUT2D eigenvalue weighted by atomic mass is 32.2. The fraction of sp³-hybridized carbons (Fsp3) is 0.235. The fourth-order valence-corrected chi connectivity index (χ4v) is 3.25. The standard InChI is InChI=1S/C17H20N4O5S/c1-21(12-17(22)20-19-11-13-6-8-18-9-7-13)27(23,24)14-4-5-15(25-2)16(10-14)26-3/h4-11H,12H2,1-3H3,(H,20,22)/b19-11-. The molecule has 0 unspecified atom stereocenters. The molecule has 1 aromatic carbocycles. The molecule has 0 radical (unpaired) electrons. The van der Waals surface area contributed by atoms with E-state index < -0.39 is 22.5 Å². The molecule has 0 spiro atoms. The Balaban J connectivity index is 2.04. The largest absolute Gasteiger partial charge is 0.493 e. The highest BCUT2D eigenvalue weighted by Gasteiger charge is 2.24. The van der Waals surface area contributed by atoms with E-state index in [0.717, 1.165) is 9.87 Å². The van der Waals surface area contributed by atoms with Crippen LogP contribution in [0.25, 0.3) is 0 Å². The van der Waals surface area contributed by atoms with Gasteiger partial charge in [0, 0.05) is 25.5 Å². The van der Waals surface area contributed by atoms with Gasteiger partial charge in [-0.25, -0.2) is 13.8 Å². The van der Waals surface area contributed by atoms with Crippen molar-refractivity contribution in [2.45, 2.75) is 4.90 Å². The lowest BCUT2D eigenvalue weighted by atomic mass is 10.3. The number of hydrazone groups is 1. The molecule has 0 atom stereocenters. The zero-order valence-electron chi connectivity index (χ0n) is 15.1. The summed E-state index contributed by atoms with van der Waals surface area (Å²) >= 11 is 0. The number of hydrogen-bond acceptors (Lipinski definition) is 7. The number of carbonyl (C=O) groups excluding carboxylic acids is 1. The van der Waals surface area contributed by atoms with E-state index in [1.165, 1.54) is 45.7 Å². The number of amides is 1. The van der Waals surface area contributed by atoms with E-state index >= 15 is 0 Å². The number of benzene rings is 1. The first-order chi connectivity index (χ1) is 12.9. The number of rotatable bonds is 8. The van der Waals surface area contributed by atoms with E-state index in [-0.39, 0.29) is 10.6 Å². The third-order valence-electron chi connectivity index (χ3n) is 3.54. The highest BCUT2D eigenvalue weighted by Crippen LogP contribution is 2.30. The van der Waals surface area contributed by atoms with Crippen molar-refractivity contribution in [3.63, 3.8) is 0 Å². The van der Waals surface area contributed by atoms with Crippen molar-refractivity contribution < 1.29 is 22.7 Å². The van der Waals surface area contributed by atoms with Gasteiger partial charge in [-0.05, 0) is 29.8 Å². The summed E-state index contributed by atoms with van der Waals surface area (Å²) in [5.74, 6) is 0.104. The van der Waals surface area contributed by atoms with Crippen LogP contribution in [0.5, 0.6) is 11.5 Å². The topological polar surface area (TPSA) is 110 Å². The van der Waals surface area contributed by atoms with Crippen molar-refractivity contribution in [2.75, 3.05) is 27.8 Å². The van der Waals surface area contributed by atoms with Crippen molar-refractivity contribution in [1.82, 2.24) is 14.7 Å². The molecule has 0 saturated carbocycles. The molecule has 10 heteroatoms. The Morgan fingerprint density at radius 2 is 1.85 bits per heavy atom. The Morgan fingerprint density at radius 1 is 1.19 bits per heavy atom. The normalized spacial score (nSPS) is 11.6. The molecule has 144 valence electrons. The van der Waals surface area contributed by atoms with Crippen LogP contribution in [0.15, 0.2) is 52.7 Å². The van der Waals surface area contributed by atoms with E-state index in [1.807, 2.05) is 0 Å². The molecule has 0 aliphatic heterocycles. The van der Waals surface area contributed by atoms with Crippen LogP contribution in [-0.2, 0) is 14.8 Å². The summed E-state index contributed by atoms with van der Waals surface area (Å²) in [6, 6.07) is 7.63. The molecule has 0 fully saturated rings. The minimum atomic E-state index is -3.89. The van der Waals surface area contributed by atoms with Crippen molar-refractivity contribution in [3.05, 3.63) is 48.3 Å². The van der Waals surface area contributed by atoms with Crippen LogP contribution in [0, 0.1) is 0 Å². The van der Waals surface area contributed by atoms with E-state index in [0.29, 0.717) is 5.75 Å². The second-order valence-corrected chi connectivity index (χ2v) is 7.40. The van der Waals surface area contributed by atoms with Gasteiger partial charge in [0.05, 0.1) is 31.9 Å². The van der Waals surface area contributed by atoms with Crippen molar-refractivity contribution in [2.24, 2.45) is 5.10 Å². The van der Waals surface area contributed by atoms with Crippen LogP contribution in [0.2, 0.25) is 0 Å². The zero-order chi connectivity index (χ0) is 19.9. The maximum absolute atomic E-state index is 12.6. The average Bonchev–Trinajstić information content (AvgIpc) is 2.68. The predicted octanol–water partition coefficient (Wildman–Crippen LogP) is 0.870. The van der Waals surface area contributed by atoms with E-state index in [1.54, 1.807) is 24.5 Å². The molecule has 1 aromatic heterocycles. The predicted molar refractivity (Wildman–Crippen MR) is 99.3 cm³/mol. The summed E-state index contributed by atoms with van der Waals surface area (Å²) in [7, 11) is 0.274. The molecule has 0 aliphatic rings. The number of ether oxygens (including phenoxy) is 2. The smallest absolute Gasteiger partial charge is 0.255 e. The fourth-order valence-electron chi connectivity index (χ4n) is 2.11. The zero-order valence-corrected chi connectivity index (χ0v) is 15.9. The Morgan fingerprint density at radius 3 is 2.48 bits per heavy atom. The number of hydrogen-bond donors (Lipinski definition) is 1. The number of pyridine rings is 1. The van der Waals surface area contributed by atoms with Crippen molar-refractivity contribution in [1.29, 1.82) is 0 Å². The van der Waals surface area contributed by atoms with Crippen LogP contribution in [0.1, 0.15) is 5.56 Å². The van der Waals surface area contributed by atoms with Gasteiger partial charge >= 0.3 is 0 Å². The molecule has 0 bridgehead atoms. The quantitative estimate of drug-likeness (QED) is 0.527. The first-order valence-corrected chi connectivity index (χ1v) is 9.22. The number of nitrogens with one attached hydrogen (secondary N) is 1. The van der Waals surface area contributed by atoms with Crippen molar-refractivity contribution >= 4 is 22.1 Å². The molecule has 9 nitrogen and oxygen atoms in total. The summed E-state index contributed by atoms with van der Waals surface area (Å²) in [5, 5.41) is 3.79. The second-order valence-electron chi connectivity index (χ2n) is 5.35. The number of sulfonamides is 1. The van der Waals surface area contributed by atoms with Crippen molar-refractivity contribution in [3.8, 4) is 11.5 Å². The van der Waals surface area contributed by atoms with E-state index in [2.05, 4.69) is 15.5 Å². The third-order valence-corrected chi connectivity index (χ3v) is 5.34. The molecule has 2 aromatic rings. The number of methoxy groups -OCH3 is 2. The van der Waals surface area contributed by atoms with Gasteiger partial charge < -0.3 is 9.47 Å². The number of nitrogens with zero attached hydrogens (tertiary/aromatic N) is 3. The Hall–Kier alpha value is -2.98. The summed E-state index contributed by atoms with van der Waals surface area (Å²) < 4.78 is 36.4. The van der Waals surface area contributed by atoms with Crippen LogP contribution in [-0.4, -0.2) is 57.6 Å². The van der Waals surface area contributed by atoms with Crippen LogP contribution < -0.4 is 14.9 Å². The molecule has 1 heterocycles. The molecule has 2 rings (SSSR count). The second kappa shape index (κ2) is 9.10. The molecule has 1 N–H and O–H groups in total. The summed E-state index contributed by atoms with van der Waals surface area (Å²) in [5.41, 5.74) is 3.03. The number of likely N-dealkylation sites (N-methyl/N-ethyl adjacent to an activating group) is 1. The maximum atomic E-state index is 12.6. The van der Waals surface area contributed by atoms with Gasteiger partial charge in [-0.15, -0.1) is 0 Å². The van der Waals surface area contributed by atoms with E-state index in [4.69, 9.17) is 9.47 Å². The van der Waals surface area contributed by atoms with Crippen LogP contribution in [0.3, 0.4) is 0 Å². The first-order valence-electron chi connectivity index (χ1n) is 7.78. The van der Waals surface area contributed by atoms with Gasteiger partial charge in [0.25, 0.3) is 5.91 Å². The lowest BCUT2D eigenvalue weighted by molar-refractivity contribution is -0.121. The summed E-state index contributed by atoms with van der Waals surface area (Å²) in [6.07, 6.45) is 4.61. The Kier molecular flexibility index (Phi) is 6.85. The summed E-state index contributed by atoms with van der Waals surface area (Å²) in [6.45, 7) is -0.398. The third kappa shape index (κ3) is 5.25. The monoisotopic (exact) mass is 392 g/mol.